The van der Waals surface area contributed by atoms with Gasteiger partial charge in [-0.25, -0.2) is 0 Å². The molecule has 3 aromatic rings. The maximum Gasteiger partial charge on any atom is 0.185 e. The van der Waals surface area contributed by atoms with Crippen molar-refractivity contribution in [3.8, 4) is 11.4 Å². The lowest BCUT2D eigenvalue weighted by atomic mass is 10.1. The van der Waals surface area contributed by atoms with Gasteiger partial charge < -0.3 is 10.0 Å². The van der Waals surface area contributed by atoms with E-state index in [-0.39, 0.29) is 12.1 Å². The molecule has 6 nitrogen and oxygen atoms in total. The van der Waals surface area contributed by atoms with Crippen LogP contribution in [0.3, 0.4) is 0 Å². The molecule has 0 spiro atoms. The van der Waals surface area contributed by atoms with Gasteiger partial charge in [0.2, 0.25) is 0 Å². The Bertz CT molecular complexity index is 814. The fraction of sp³-hybridized carbons (Fsp3) is 0.353. The maximum absolute atomic E-state index is 9.99. The van der Waals surface area contributed by atoms with Crippen LogP contribution in [0.25, 0.3) is 17.0 Å². The zero-order valence-corrected chi connectivity index (χ0v) is 13.0. The van der Waals surface area contributed by atoms with E-state index in [1.54, 1.807) is 4.52 Å². The van der Waals surface area contributed by atoms with Crippen LogP contribution in [0.2, 0.25) is 0 Å². The molecule has 1 saturated heterocycles. The summed E-state index contributed by atoms with van der Waals surface area (Å²) < 4.78 is 1.78. The lowest BCUT2D eigenvalue weighted by Gasteiger charge is -2.27. The molecule has 1 fully saturated rings. The number of hydrogen-bond acceptors (Lipinski definition) is 5. The summed E-state index contributed by atoms with van der Waals surface area (Å²) in [6.45, 7) is 2.76. The zero-order chi connectivity index (χ0) is 15.8. The summed E-state index contributed by atoms with van der Waals surface area (Å²) in [5.41, 5.74) is 1.71. The predicted octanol–water partition coefficient (Wildman–Crippen LogP) is 2.14. The fourth-order valence-corrected chi connectivity index (χ4v) is 3.28. The first-order valence-electron chi connectivity index (χ1n) is 7.96. The van der Waals surface area contributed by atoms with E-state index in [2.05, 4.69) is 15.1 Å². The summed E-state index contributed by atoms with van der Waals surface area (Å²) in [6, 6.07) is 13.9. The molecule has 6 heteroatoms. The highest BCUT2D eigenvalue weighted by Gasteiger charge is 2.29. The van der Waals surface area contributed by atoms with Crippen molar-refractivity contribution in [2.75, 3.05) is 11.4 Å². The van der Waals surface area contributed by atoms with E-state index in [9.17, 15) is 5.11 Å². The van der Waals surface area contributed by atoms with Crippen molar-refractivity contribution in [2.45, 2.75) is 31.9 Å². The van der Waals surface area contributed by atoms with Gasteiger partial charge >= 0.3 is 0 Å². The fourth-order valence-electron chi connectivity index (χ4n) is 3.28. The number of fused-ring (bicyclic) bond motifs is 1. The third kappa shape index (κ3) is 2.45. The minimum Gasteiger partial charge on any atom is -0.391 e. The number of aliphatic hydroxyl groups is 1. The van der Waals surface area contributed by atoms with Crippen LogP contribution >= 0.6 is 0 Å². The smallest absolute Gasteiger partial charge is 0.185 e. The van der Waals surface area contributed by atoms with Gasteiger partial charge in [0.1, 0.15) is 5.82 Å². The quantitative estimate of drug-likeness (QED) is 0.803. The SMILES string of the molecule is CC(O)[C@H]1CCCN1c1ccc2nnc(-c3ccccc3)n2n1. The molecule has 0 amide bonds. The number of benzene rings is 1. The number of hydrogen-bond donors (Lipinski definition) is 1. The van der Waals surface area contributed by atoms with Gasteiger partial charge in [-0.1, -0.05) is 30.3 Å². The minimum absolute atomic E-state index is 0.122. The Morgan fingerprint density at radius 3 is 2.74 bits per heavy atom. The topological polar surface area (TPSA) is 66.5 Å². The van der Waals surface area contributed by atoms with Gasteiger partial charge in [-0.05, 0) is 31.9 Å². The molecule has 0 bridgehead atoms. The average Bonchev–Trinajstić information content (AvgIpc) is 3.22. The van der Waals surface area contributed by atoms with Crippen molar-refractivity contribution >= 4 is 11.5 Å². The minimum atomic E-state index is -0.371. The standard InChI is InChI=1S/C17H19N5O/c1-12(23)14-8-5-11-21(14)16-10-9-15-18-19-17(22(15)20-16)13-6-3-2-4-7-13/h2-4,6-7,9-10,12,14,23H,5,8,11H2,1H3/t12?,14-/m1/s1. The van der Waals surface area contributed by atoms with E-state index >= 15 is 0 Å². The molecule has 118 valence electrons. The molecule has 0 radical (unpaired) electrons. The first-order chi connectivity index (χ1) is 11.2. The highest BCUT2D eigenvalue weighted by atomic mass is 16.3. The van der Waals surface area contributed by atoms with E-state index < -0.39 is 0 Å². The van der Waals surface area contributed by atoms with E-state index in [0.717, 1.165) is 42.2 Å². The summed E-state index contributed by atoms with van der Waals surface area (Å²) >= 11 is 0. The highest BCUT2D eigenvalue weighted by molar-refractivity contribution is 5.59. The van der Waals surface area contributed by atoms with Crippen LogP contribution in [0, 0.1) is 0 Å². The Labute approximate surface area is 134 Å². The van der Waals surface area contributed by atoms with Gasteiger partial charge in [-0.2, -0.15) is 4.52 Å². The molecule has 1 aliphatic rings. The molecule has 1 aromatic carbocycles. The molecule has 0 saturated carbocycles. The highest BCUT2D eigenvalue weighted by Crippen LogP contribution is 2.27. The van der Waals surface area contributed by atoms with Crippen LogP contribution in [0.5, 0.6) is 0 Å². The molecule has 0 aliphatic carbocycles. The van der Waals surface area contributed by atoms with Gasteiger partial charge in [0.25, 0.3) is 0 Å². The van der Waals surface area contributed by atoms with Crippen LogP contribution in [0.15, 0.2) is 42.5 Å². The van der Waals surface area contributed by atoms with Crippen molar-refractivity contribution in [1.29, 1.82) is 0 Å². The van der Waals surface area contributed by atoms with Crippen LogP contribution < -0.4 is 4.90 Å². The van der Waals surface area contributed by atoms with E-state index in [4.69, 9.17) is 5.10 Å². The third-order valence-corrected chi connectivity index (χ3v) is 4.43. The normalized spacial score (nSPS) is 19.4. The van der Waals surface area contributed by atoms with Crippen molar-refractivity contribution in [3.63, 3.8) is 0 Å². The Morgan fingerprint density at radius 2 is 1.96 bits per heavy atom. The first-order valence-corrected chi connectivity index (χ1v) is 7.96. The summed E-state index contributed by atoms with van der Waals surface area (Å²) in [5.74, 6) is 1.59. The Hall–Kier alpha value is -2.47. The molecular weight excluding hydrogens is 290 g/mol. The van der Waals surface area contributed by atoms with Gasteiger partial charge in [0.15, 0.2) is 11.5 Å². The van der Waals surface area contributed by atoms with Gasteiger partial charge in [-0.15, -0.1) is 15.3 Å². The van der Waals surface area contributed by atoms with Crippen LogP contribution in [0.1, 0.15) is 19.8 Å². The Morgan fingerprint density at radius 1 is 1.13 bits per heavy atom. The Kier molecular flexibility index (Phi) is 3.46. The van der Waals surface area contributed by atoms with Crippen molar-refractivity contribution in [3.05, 3.63) is 42.5 Å². The number of aromatic nitrogens is 4. The van der Waals surface area contributed by atoms with Gasteiger partial charge in [0, 0.05) is 12.1 Å². The second-order valence-electron chi connectivity index (χ2n) is 5.99. The molecule has 1 N–H and O–H groups in total. The van der Waals surface area contributed by atoms with E-state index in [0.29, 0.717) is 0 Å². The molecule has 2 aromatic heterocycles. The lowest BCUT2D eigenvalue weighted by Crippen LogP contribution is -2.38. The lowest BCUT2D eigenvalue weighted by molar-refractivity contribution is 0.164. The van der Waals surface area contributed by atoms with E-state index in [1.807, 2.05) is 49.4 Å². The average molecular weight is 309 g/mol. The van der Waals surface area contributed by atoms with Crippen LogP contribution in [-0.2, 0) is 0 Å². The first kappa shape index (κ1) is 14.1. The number of anilines is 1. The maximum atomic E-state index is 9.99. The summed E-state index contributed by atoms with van der Waals surface area (Å²) in [4.78, 5) is 2.18. The number of rotatable bonds is 3. The Balaban J connectivity index is 1.78. The summed E-state index contributed by atoms with van der Waals surface area (Å²) in [7, 11) is 0. The molecule has 3 heterocycles. The van der Waals surface area contributed by atoms with Crippen molar-refractivity contribution in [1.82, 2.24) is 19.8 Å². The molecule has 1 unspecified atom stereocenters. The van der Waals surface area contributed by atoms with Crippen LogP contribution in [0.4, 0.5) is 5.82 Å². The van der Waals surface area contributed by atoms with Crippen LogP contribution in [-0.4, -0.2) is 43.6 Å². The molecular formula is C17H19N5O. The number of aliphatic hydroxyl groups excluding tert-OH is 1. The molecule has 1 aliphatic heterocycles. The van der Waals surface area contributed by atoms with Crippen molar-refractivity contribution in [2.24, 2.45) is 0 Å². The monoisotopic (exact) mass is 309 g/mol. The molecule has 2 atom stereocenters. The number of nitrogens with zero attached hydrogens (tertiary/aromatic N) is 5. The predicted molar refractivity (Wildman–Crippen MR) is 88.3 cm³/mol. The second kappa shape index (κ2) is 5.62. The van der Waals surface area contributed by atoms with Gasteiger partial charge in [-0.3, -0.25) is 0 Å². The van der Waals surface area contributed by atoms with E-state index in [1.165, 1.54) is 0 Å². The third-order valence-electron chi connectivity index (χ3n) is 4.43. The zero-order valence-electron chi connectivity index (χ0n) is 13.0. The molecule has 4 rings (SSSR count). The molecule has 23 heavy (non-hydrogen) atoms. The van der Waals surface area contributed by atoms with Crippen molar-refractivity contribution < 1.29 is 5.11 Å². The largest absolute Gasteiger partial charge is 0.391 e. The summed E-state index contributed by atoms with van der Waals surface area (Å²) in [6.07, 6.45) is 1.69. The van der Waals surface area contributed by atoms with Gasteiger partial charge in [0.05, 0.1) is 12.1 Å². The second-order valence-corrected chi connectivity index (χ2v) is 5.99. The summed E-state index contributed by atoms with van der Waals surface area (Å²) in [5, 5.41) is 23.2.